The predicted octanol–water partition coefficient (Wildman–Crippen LogP) is 5.40. The van der Waals surface area contributed by atoms with Crippen LogP contribution in [-0.4, -0.2) is 28.2 Å². The SMILES string of the molecule is COc1cc(-c2oc3c([C@@H](C)Nc4ccc(Cl)nc4C(=O)O)cc(C)cc3c(=O)c2C)ccn1. The second-order valence-electron chi connectivity index (χ2n) is 7.90. The van der Waals surface area contributed by atoms with Crippen LogP contribution in [0.15, 0.2) is 51.8 Å². The molecule has 4 rings (SSSR count). The number of hydrogen-bond acceptors (Lipinski definition) is 7. The van der Waals surface area contributed by atoms with Crippen LogP contribution >= 0.6 is 11.6 Å². The van der Waals surface area contributed by atoms with Crippen LogP contribution in [0.3, 0.4) is 0 Å². The number of aromatic carboxylic acids is 1. The molecule has 0 aliphatic heterocycles. The highest BCUT2D eigenvalue weighted by atomic mass is 35.5. The number of carboxylic acids is 1. The van der Waals surface area contributed by atoms with Crippen molar-refractivity contribution in [1.82, 2.24) is 9.97 Å². The van der Waals surface area contributed by atoms with Gasteiger partial charge in [-0.1, -0.05) is 17.7 Å². The molecule has 2 N–H and O–H groups in total. The quantitative estimate of drug-likeness (QED) is 0.353. The van der Waals surface area contributed by atoms with Gasteiger partial charge < -0.3 is 19.6 Å². The molecule has 0 unspecified atom stereocenters. The van der Waals surface area contributed by atoms with E-state index in [1.54, 1.807) is 37.4 Å². The van der Waals surface area contributed by atoms with E-state index in [0.29, 0.717) is 45.0 Å². The van der Waals surface area contributed by atoms with E-state index in [-0.39, 0.29) is 16.3 Å². The second kappa shape index (κ2) is 9.15. The highest BCUT2D eigenvalue weighted by Gasteiger charge is 2.21. The first-order chi connectivity index (χ1) is 16.2. The molecular weight excluding hydrogens is 458 g/mol. The molecule has 1 aromatic carbocycles. The lowest BCUT2D eigenvalue weighted by Crippen LogP contribution is -2.14. The minimum absolute atomic E-state index is 0.0792. The summed E-state index contributed by atoms with van der Waals surface area (Å²) in [6, 6.07) is 9.78. The van der Waals surface area contributed by atoms with E-state index in [4.69, 9.17) is 20.8 Å². The van der Waals surface area contributed by atoms with Crippen LogP contribution in [0.1, 0.15) is 40.1 Å². The zero-order valence-electron chi connectivity index (χ0n) is 19.0. The molecule has 0 saturated heterocycles. The first-order valence-electron chi connectivity index (χ1n) is 10.4. The Labute approximate surface area is 200 Å². The summed E-state index contributed by atoms with van der Waals surface area (Å²) in [5.74, 6) is -0.396. The maximum Gasteiger partial charge on any atom is 0.356 e. The van der Waals surface area contributed by atoms with Crippen molar-refractivity contribution in [3.63, 3.8) is 0 Å². The molecule has 174 valence electrons. The third-order valence-electron chi connectivity index (χ3n) is 5.50. The lowest BCUT2D eigenvalue weighted by molar-refractivity contribution is 0.0691. The van der Waals surface area contributed by atoms with Crippen LogP contribution in [0.2, 0.25) is 5.15 Å². The molecule has 4 aromatic rings. The van der Waals surface area contributed by atoms with Crippen LogP contribution < -0.4 is 15.5 Å². The minimum Gasteiger partial charge on any atom is -0.481 e. The number of nitrogens with zero attached hydrogens (tertiary/aromatic N) is 2. The summed E-state index contributed by atoms with van der Waals surface area (Å²) < 4.78 is 11.5. The number of anilines is 1. The fraction of sp³-hybridized carbons (Fsp3) is 0.200. The van der Waals surface area contributed by atoms with Crippen LogP contribution in [-0.2, 0) is 0 Å². The van der Waals surface area contributed by atoms with Crippen LogP contribution in [0.5, 0.6) is 5.88 Å². The molecule has 0 saturated carbocycles. The zero-order valence-corrected chi connectivity index (χ0v) is 19.7. The zero-order chi connectivity index (χ0) is 24.6. The number of pyridine rings is 2. The van der Waals surface area contributed by atoms with Gasteiger partial charge in [0, 0.05) is 29.0 Å². The summed E-state index contributed by atoms with van der Waals surface area (Å²) in [4.78, 5) is 33.0. The van der Waals surface area contributed by atoms with Crippen molar-refractivity contribution < 1.29 is 19.1 Å². The van der Waals surface area contributed by atoms with Gasteiger partial charge in [-0.2, -0.15) is 0 Å². The number of ether oxygens (including phenoxy) is 1. The van der Waals surface area contributed by atoms with Gasteiger partial charge in [-0.25, -0.2) is 14.8 Å². The highest BCUT2D eigenvalue weighted by molar-refractivity contribution is 6.29. The highest BCUT2D eigenvalue weighted by Crippen LogP contribution is 2.33. The normalized spacial score (nSPS) is 11.9. The molecule has 3 heterocycles. The van der Waals surface area contributed by atoms with Gasteiger partial charge in [0.1, 0.15) is 16.5 Å². The number of aromatic nitrogens is 2. The van der Waals surface area contributed by atoms with Crippen molar-refractivity contribution >= 4 is 34.2 Å². The van der Waals surface area contributed by atoms with E-state index in [0.717, 1.165) is 5.56 Å². The summed E-state index contributed by atoms with van der Waals surface area (Å²) in [5, 5.41) is 13.2. The van der Waals surface area contributed by atoms with Gasteiger partial charge in [0.2, 0.25) is 5.88 Å². The number of carbonyl (C=O) groups is 1. The number of methoxy groups -OCH3 is 1. The minimum atomic E-state index is -1.21. The number of benzene rings is 1. The summed E-state index contributed by atoms with van der Waals surface area (Å²) in [7, 11) is 1.51. The summed E-state index contributed by atoms with van der Waals surface area (Å²) in [6.07, 6.45) is 1.58. The molecule has 0 spiro atoms. The third kappa shape index (κ3) is 4.32. The molecule has 34 heavy (non-hydrogen) atoms. The van der Waals surface area contributed by atoms with Crippen LogP contribution in [0.25, 0.3) is 22.3 Å². The maximum atomic E-state index is 13.3. The Bertz CT molecular complexity index is 1480. The molecule has 0 bridgehead atoms. The maximum absolute atomic E-state index is 13.3. The lowest BCUT2D eigenvalue weighted by atomic mass is 9.99. The first-order valence-corrected chi connectivity index (χ1v) is 10.8. The number of hydrogen-bond donors (Lipinski definition) is 2. The van der Waals surface area contributed by atoms with Crippen LogP contribution in [0.4, 0.5) is 5.69 Å². The fourth-order valence-corrected chi connectivity index (χ4v) is 4.00. The van der Waals surface area contributed by atoms with Gasteiger partial charge in [-0.3, -0.25) is 4.79 Å². The number of nitrogens with one attached hydrogen (secondary N) is 1. The van der Waals surface area contributed by atoms with E-state index in [2.05, 4.69) is 15.3 Å². The molecule has 0 fully saturated rings. The Balaban J connectivity index is 1.89. The molecule has 0 aliphatic rings. The van der Waals surface area contributed by atoms with Gasteiger partial charge in [0.15, 0.2) is 11.1 Å². The van der Waals surface area contributed by atoms with Gasteiger partial charge in [0.25, 0.3) is 0 Å². The molecule has 0 aliphatic carbocycles. The molecular formula is C25H22ClN3O5. The number of carboxylic acid groups (broad SMARTS) is 1. The fourth-order valence-electron chi connectivity index (χ4n) is 3.85. The molecule has 9 heteroatoms. The summed E-state index contributed by atoms with van der Waals surface area (Å²) >= 11 is 5.88. The summed E-state index contributed by atoms with van der Waals surface area (Å²) in [5.41, 5.74) is 3.05. The van der Waals surface area contributed by atoms with Gasteiger partial charge in [0.05, 0.1) is 24.2 Å². The number of aryl methyl sites for hydroxylation is 1. The standard InChI is InChI=1S/C25H22ClN3O5/c1-12-9-16(14(3)28-18-5-6-19(26)29-21(18)25(31)32)24-17(10-12)22(30)13(2)23(34-24)15-7-8-27-20(11-15)33-4/h5-11,14,28H,1-4H3,(H,31,32)/t14-/m1/s1. The van der Waals surface area contributed by atoms with Crippen molar-refractivity contribution in [1.29, 1.82) is 0 Å². The Hall–Kier alpha value is -3.91. The van der Waals surface area contributed by atoms with E-state index in [1.807, 2.05) is 19.9 Å². The molecule has 8 nitrogen and oxygen atoms in total. The first kappa shape index (κ1) is 23.3. The summed E-state index contributed by atoms with van der Waals surface area (Å²) in [6.45, 7) is 5.46. The van der Waals surface area contributed by atoms with E-state index >= 15 is 0 Å². The van der Waals surface area contributed by atoms with Crippen molar-refractivity contribution in [3.05, 3.63) is 80.4 Å². The van der Waals surface area contributed by atoms with Gasteiger partial charge >= 0.3 is 5.97 Å². The smallest absolute Gasteiger partial charge is 0.356 e. The Morgan fingerprint density at radius 1 is 1.21 bits per heavy atom. The molecule has 3 aromatic heterocycles. The monoisotopic (exact) mass is 479 g/mol. The van der Waals surface area contributed by atoms with Crippen molar-refractivity contribution in [2.75, 3.05) is 12.4 Å². The predicted molar refractivity (Wildman–Crippen MR) is 130 cm³/mol. The number of rotatable bonds is 6. The van der Waals surface area contributed by atoms with Gasteiger partial charge in [-0.05, 0) is 50.6 Å². The Kier molecular flexibility index (Phi) is 6.26. The molecule has 1 atom stereocenters. The van der Waals surface area contributed by atoms with E-state index in [9.17, 15) is 14.7 Å². The van der Waals surface area contributed by atoms with Crippen molar-refractivity contribution in [2.45, 2.75) is 26.8 Å². The topological polar surface area (TPSA) is 115 Å². The van der Waals surface area contributed by atoms with Crippen LogP contribution in [0, 0.1) is 13.8 Å². The Morgan fingerprint density at radius 3 is 2.68 bits per heavy atom. The largest absolute Gasteiger partial charge is 0.481 e. The lowest BCUT2D eigenvalue weighted by Gasteiger charge is -2.19. The van der Waals surface area contributed by atoms with E-state index < -0.39 is 12.0 Å². The molecule has 0 radical (unpaired) electrons. The van der Waals surface area contributed by atoms with E-state index in [1.165, 1.54) is 13.2 Å². The average Bonchev–Trinajstić information content (AvgIpc) is 2.82. The number of fused-ring (bicyclic) bond motifs is 1. The average molecular weight is 480 g/mol. The molecule has 0 amide bonds. The van der Waals surface area contributed by atoms with Crippen molar-refractivity contribution in [2.24, 2.45) is 0 Å². The van der Waals surface area contributed by atoms with Gasteiger partial charge in [-0.15, -0.1) is 0 Å². The Morgan fingerprint density at radius 2 is 1.97 bits per heavy atom. The second-order valence-corrected chi connectivity index (χ2v) is 8.29. The third-order valence-corrected chi connectivity index (χ3v) is 5.71. The number of halogens is 1. The van der Waals surface area contributed by atoms with Crippen molar-refractivity contribution in [3.8, 4) is 17.2 Å².